The van der Waals surface area contributed by atoms with Gasteiger partial charge >= 0.3 is 0 Å². The molecule has 94 valence electrons. The summed E-state index contributed by atoms with van der Waals surface area (Å²) >= 11 is 0. The summed E-state index contributed by atoms with van der Waals surface area (Å²) < 4.78 is 0. The van der Waals surface area contributed by atoms with E-state index in [9.17, 15) is 0 Å². The third kappa shape index (κ3) is 2.18. The van der Waals surface area contributed by atoms with Crippen LogP contribution in [-0.4, -0.2) is 9.97 Å². The minimum Gasteiger partial charge on any atom is -0.347 e. The van der Waals surface area contributed by atoms with Crippen molar-refractivity contribution in [3.63, 3.8) is 0 Å². The first kappa shape index (κ1) is 11.5. The number of hydrogen-bond acceptors (Lipinski definition) is 2. The van der Waals surface area contributed by atoms with Gasteiger partial charge in [-0.2, -0.15) is 0 Å². The third-order valence-electron chi connectivity index (χ3n) is 3.75. The molecular weight excluding hydrogens is 222 g/mol. The summed E-state index contributed by atoms with van der Waals surface area (Å²) in [6.45, 7) is 2.16. The fourth-order valence-corrected chi connectivity index (χ4v) is 2.82. The number of H-pyrrole nitrogens is 1. The lowest BCUT2D eigenvalue weighted by atomic mass is 9.87. The van der Waals surface area contributed by atoms with Gasteiger partial charge in [0, 0.05) is 18.4 Å². The molecule has 0 radical (unpaired) electrons. The molecular formula is C15H19N3. The Bertz CT molecular complexity index is 504. The molecule has 0 saturated carbocycles. The summed E-state index contributed by atoms with van der Waals surface area (Å²) in [6.07, 6.45) is 7.37. The van der Waals surface area contributed by atoms with Gasteiger partial charge in [0.1, 0.15) is 5.82 Å². The van der Waals surface area contributed by atoms with Gasteiger partial charge in [0.15, 0.2) is 0 Å². The van der Waals surface area contributed by atoms with Gasteiger partial charge in [-0.25, -0.2) is 4.98 Å². The van der Waals surface area contributed by atoms with Crippen molar-refractivity contribution < 1.29 is 0 Å². The van der Waals surface area contributed by atoms with Crippen molar-refractivity contribution in [2.75, 3.05) is 0 Å². The minimum atomic E-state index is 0.260. The Hall–Kier alpha value is -1.61. The number of rotatable bonds is 3. The molecule has 18 heavy (non-hydrogen) atoms. The number of benzene rings is 1. The number of imidazole rings is 1. The average Bonchev–Trinajstić information content (AvgIpc) is 2.93. The van der Waals surface area contributed by atoms with E-state index in [0.29, 0.717) is 6.04 Å². The van der Waals surface area contributed by atoms with Crippen LogP contribution >= 0.6 is 0 Å². The van der Waals surface area contributed by atoms with E-state index >= 15 is 0 Å². The highest BCUT2D eigenvalue weighted by Gasteiger charge is 2.21. The molecule has 0 amide bonds. The standard InChI is InChI=1S/C15H19N3/c1-11(15-16-9-10-17-15)18-14-8-4-6-12-5-2-3-7-13(12)14/h2-3,5,7,9-11,14,18H,4,6,8H2,1H3,(H,16,17). The second-order valence-corrected chi connectivity index (χ2v) is 5.01. The molecule has 2 aromatic rings. The number of nitrogens with zero attached hydrogens (tertiary/aromatic N) is 1. The first-order valence-electron chi connectivity index (χ1n) is 6.68. The van der Waals surface area contributed by atoms with E-state index in [1.807, 2.05) is 12.4 Å². The Labute approximate surface area is 108 Å². The van der Waals surface area contributed by atoms with Crippen molar-refractivity contribution in [1.82, 2.24) is 15.3 Å². The predicted molar refractivity (Wildman–Crippen MR) is 72.3 cm³/mol. The maximum atomic E-state index is 4.32. The number of aromatic nitrogens is 2. The molecule has 3 nitrogen and oxygen atoms in total. The zero-order chi connectivity index (χ0) is 12.4. The van der Waals surface area contributed by atoms with Crippen LogP contribution in [0.5, 0.6) is 0 Å². The van der Waals surface area contributed by atoms with Crippen LogP contribution in [0.25, 0.3) is 0 Å². The Morgan fingerprint density at radius 3 is 3.11 bits per heavy atom. The summed E-state index contributed by atoms with van der Waals surface area (Å²) in [7, 11) is 0. The lowest BCUT2D eigenvalue weighted by Gasteiger charge is -2.28. The van der Waals surface area contributed by atoms with E-state index < -0.39 is 0 Å². The van der Waals surface area contributed by atoms with Crippen molar-refractivity contribution in [3.05, 3.63) is 53.6 Å². The van der Waals surface area contributed by atoms with Crippen LogP contribution in [0.1, 0.15) is 48.8 Å². The topological polar surface area (TPSA) is 40.7 Å². The summed E-state index contributed by atoms with van der Waals surface area (Å²) in [5.74, 6) is 1.01. The van der Waals surface area contributed by atoms with E-state index in [0.717, 1.165) is 5.82 Å². The Morgan fingerprint density at radius 2 is 2.28 bits per heavy atom. The monoisotopic (exact) mass is 241 g/mol. The molecule has 0 spiro atoms. The van der Waals surface area contributed by atoms with E-state index in [2.05, 4.69) is 46.5 Å². The summed E-state index contributed by atoms with van der Waals surface area (Å²) in [5.41, 5.74) is 2.95. The maximum absolute atomic E-state index is 4.32. The van der Waals surface area contributed by atoms with Gasteiger partial charge in [0.05, 0.1) is 6.04 Å². The van der Waals surface area contributed by atoms with Crippen LogP contribution in [0.15, 0.2) is 36.7 Å². The van der Waals surface area contributed by atoms with Crippen LogP contribution in [0, 0.1) is 0 Å². The molecule has 0 aliphatic heterocycles. The SMILES string of the molecule is CC(NC1CCCc2ccccc21)c1ncc[nH]1. The maximum Gasteiger partial charge on any atom is 0.122 e. The first-order valence-corrected chi connectivity index (χ1v) is 6.68. The van der Waals surface area contributed by atoms with E-state index in [1.165, 1.54) is 30.4 Å². The van der Waals surface area contributed by atoms with Crippen molar-refractivity contribution in [1.29, 1.82) is 0 Å². The van der Waals surface area contributed by atoms with Gasteiger partial charge in [-0.1, -0.05) is 24.3 Å². The van der Waals surface area contributed by atoms with Crippen LogP contribution in [-0.2, 0) is 6.42 Å². The van der Waals surface area contributed by atoms with Gasteiger partial charge in [-0.15, -0.1) is 0 Å². The first-order chi connectivity index (χ1) is 8.84. The number of hydrogen-bond donors (Lipinski definition) is 2. The second kappa shape index (κ2) is 4.94. The third-order valence-corrected chi connectivity index (χ3v) is 3.75. The molecule has 2 unspecified atom stereocenters. The number of nitrogens with one attached hydrogen (secondary N) is 2. The highest BCUT2D eigenvalue weighted by molar-refractivity contribution is 5.32. The molecule has 1 aliphatic carbocycles. The average molecular weight is 241 g/mol. The largest absolute Gasteiger partial charge is 0.347 e. The highest BCUT2D eigenvalue weighted by Crippen LogP contribution is 2.31. The van der Waals surface area contributed by atoms with E-state index in [1.54, 1.807) is 0 Å². The predicted octanol–water partition coefficient (Wildman–Crippen LogP) is 3.14. The van der Waals surface area contributed by atoms with E-state index in [-0.39, 0.29) is 6.04 Å². The second-order valence-electron chi connectivity index (χ2n) is 5.01. The van der Waals surface area contributed by atoms with Gasteiger partial charge in [0.25, 0.3) is 0 Å². The Morgan fingerprint density at radius 1 is 1.39 bits per heavy atom. The molecule has 2 atom stereocenters. The fraction of sp³-hybridized carbons (Fsp3) is 0.400. The number of aryl methyl sites for hydroxylation is 1. The molecule has 1 heterocycles. The van der Waals surface area contributed by atoms with Gasteiger partial charge in [0.2, 0.25) is 0 Å². The van der Waals surface area contributed by atoms with Gasteiger partial charge in [-0.3, -0.25) is 0 Å². The summed E-state index contributed by atoms with van der Waals surface area (Å²) in [5, 5.41) is 3.68. The van der Waals surface area contributed by atoms with Crippen LogP contribution < -0.4 is 5.32 Å². The Kier molecular flexibility index (Phi) is 3.15. The van der Waals surface area contributed by atoms with Crippen LogP contribution in [0.4, 0.5) is 0 Å². The summed E-state index contributed by atoms with van der Waals surface area (Å²) in [4.78, 5) is 7.50. The normalized spacial score (nSPS) is 20.4. The fourth-order valence-electron chi connectivity index (χ4n) is 2.82. The molecule has 1 aromatic heterocycles. The summed E-state index contributed by atoms with van der Waals surface area (Å²) in [6, 6.07) is 9.49. The number of aromatic amines is 1. The molecule has 1 aliphatic rings. The van der Waals surface area contributed by atoms with Crippen LogP contribution in [0.3, 0.4) is 0 Å². The van der Waals surface area contributed by atoms with Crippen molar-refractivity contribution in [2.45, 2.75) is 38.3 Å². The molecule has 3 heteroatoms. The number of fused-ring (bicyclic) bond motifs is 1. The molecule has 1 aromatic carbocycles. The van der Waals surface area contributed by atoms with Gasteiger partial charge in [-0.05, 0) is 37.3 Å². The molecule has 3 rings (SSSR count). The molecule has 2 N–H and O–H groups in total. The molecule has 0 saturated heterocycles. The lowest BCUT2D eigenvalue weighted by molar-refractivity contribution is 0.407. The lowest BCUT2D eigenvalue weighted by Crippen LogP contribution is -2.28. The minimum absolute atomic E-state index is 0.260. The van der Waals surface area contributed by atoms with E-state index in [4.69, 9.17) is 0 Å². The van der Waals surface area contributed by atoms with Crippen molar-refractivity contribution in [3.8, 4) is 0 Å². The molecule has 0 bridgehead atoms. The quantitative estimate of drug-likeness (QED) is 0.866. The van der Waals surface area contributed by atoms with Crippen LogP contribution in [0.2, 0.25) is 0 Å². The van der Waals surface area contributed by atoms with Crippen molar-refractivity contribution in [2.24, 2.45) is 0 Å². The van der Waals surface area contributed by atoms with Gasteiger partial charge < -0.3 is 10.3 Å². The zero-order valence-electron chi connectivity index (χ0n) is 10.7. The smallest absolute Gasteiger partial charge is 0.122 e. The van der Waals surface area contributed by atoms with Crippen molar-refractivity contribution >= 4 is 0 Å². The zero-order valence-corrected chi connectivity index (χ0v) is 10.7. The molecule has 0 fully saturated rings. The highest BCUT2D eigenvalue weighted by atomic mass is 15.0. The Balaban J connectivity index is 1.78.